The molecule has 2 rings (SSSR count). The first-order valence-corrected chi connectivity index (χ1v) is 7.23. The summed E-state index contributed by atoms with van der Waals surface area (Å²) in [4.78, 5) is 23.4. The zero-order chi connectivity index (χ0) is 17.0. The molecule has 0 spiro atoms. The monoisotopic (exact) mass is 324 g/mol. The summed E-state index contributed by atoms with van der Waals surface area (Å²) in [7, 11) is 1.37. The van der Waals surface area contributed by atoms with Gasteiger partial charge >= 0.3 is 11.9 Å². The van der Waals surface area contributed by atoms with E-state index in [1.807, 2.05) is 0 Å². The normalized spacial score (nSPS) is 30.5. The molecule has 0 amide bonds. The Balaban J connectivity index is 2.16. The van der Waals surface area contributed by atoms with Crippen LogP contribution in [-0.2, 0) is 23.7 Å². The van der Waals surface area contributed by atoms with Crippen LogP contribution in [0.3, 0.4) is 0 Å². The Kier molecular flexibility index (Phi) is 5.70. The maximum atomic E-state index is 12.2. The van der Waals surface area contributed by atoms with Crippen LogP contribution in [0, 0.1) is 0 Å². The van der Waals surface area contributed by atoms with Gasteiger partial charge in [0.25, 0.3) is 0 Å². The second kappa shape index (κ2) is 7.54. The number of aliphatic hydroxyl groups is 1. The lowest BCUT2D eigenvalue weighted by molar-refractivity contribution is -0.287. The van der Waals surface area contributed by atoms with Crippen molar-refractivity contribution in [3.63, 3.8) is 0 Å². The summed E-state index contributed by atoms with van der Waals surface area (Å²) >= 11 is 0. The third-order valence-corrected chi connectivity index (χ3v) is 3.54. The summed E-state index contributed by atoms with van der Waals surface area (Å²) in [6.07, 6.45) is -4.90. The van der Waals surface area contributed by atoms with Crippen LogP contribution in [0.15, 0.2) is 30.3 Å². The quantitative estimate of drug-likeness (QED) is 0.823. The van der Waals surface area contributed by atoms with Gasteiger partial charge in [0.1, 0.15) is 6.10 Å². The minimum atomic E-state index is -1.26. The van der Waals surface area contributed by atoms with E-state index in [0.717, 1.165) is 0 Å². The van der Waals surface area contributed by atoms with Crippen LogP contribution in [0.1, 0.15) is 24.2 Å². The molecule has 0 aromatic heterocycles. The van der Waals surface area contributed by atoms with Crippen molar-refractivity contribution in [2.45, 2.75) is 44.6 Å². The van der Waals surface area contributed by atoms with E-state index in [4.69, 9.17) is 18.9 Å². The number of hydrogen-bond donors (Lipinski definition) is 1. The summed E-state index contributed by atoms with van der Waals surface area (Å²) in [6.45, 7) is 2.87. The standard InChI is InChI=1S/C16H20O7/c1-9-13(22-10(2)17)12(18)14(16(20-3)21-9)23-15(19)11-7-5-4-6-8-11/h4-9,12-14,16,18H,1-3H3/t9-,12+,13+,14-,16+/m0/s1. The predicted octanol–water partition coefficient (Wildman–Crippen LogP) is 0.896. The summed E-state index contributed by atoms with van der Waals surface area (Å²) in [5.41, 5.74) is 0.331. The van der Waals surface area contributed by atoms with Gasteiger partial charge in [-0.1, -0.05) is 18.2 Å². The fourth-order valence-corrected chi connectivity index (χ4v) is 2.43. The first-order chi connectivity index (χ1) is 10.9. The lowest BCUT2D eigenvalue weighted by Crippen LogP contribution is -2.59. The predicted molar refractivity (Wildman–Crippen MR) is 78.6 cm³/mol. The fraction of sp³-hybridized carbons (Fsp3) is 0.500. The average molecular weight is 324 g/mol. The van der Waals surface area contributed by atoms with Crippen LogP contribution >= 0.6 is 0 Å². The van der Waals surface area contributed by atoms with Crippen LogP contribution in [-0.4, -0.2) is 54.9 Å². The molecule has 126 valence electrons. The molecule has 1 saturated heterocycles. The van der Waals surface area contributed by atoms with Crippen molar-refractivity contribution in [1.82, 2.24) is 0 Å². The molecule has 7 heteroatoms. The number of hydrogen-bond acceptors (Lipinski definition) is 7. The van der Waals surface area contributed by atoms with Gasteiger partial charge in [-0.05, 0) is 19.1 Å². The molecule has 1 fully saturated rings. The lowest BCUT2D eigenvalue weighted by atomic mass is 9.99. The van der Waals surface area contributed by atoms with E-state index in [-0.39, 0.29) is 0 Å². The molecule has 1 heterocycles. The Morgan fingerprint density at radius 2 is 1.78 bits per heavy atom. The van der Waals surface area contributed by atoms with Gasteiger partial charge in [-0.2, -0.15) is 0 Å². The van der Waals surface area contributed by atoms with Crippen LogP contribution < -0.4 is 0 Å². The highest BCUT2D eigenvalue weighted by molar-refractivity contribution is 5.89. The highest BCUT2D eigenvalue weighted by Gasteiger charge is 2.47. The van der Waals surface area contributed by atoms with Crippen molar-refractivity contribution in [3.8, 4) is 0 Å². The second-order valence-corrected chi connectivity index (χ2v) is 5.25. The largest absolute Gasteiger partial charge is 0.457 e. The van der Waals surface area contributed by atoms with Crippen molar-refractivity contribution in [2.24, 2.45) is 0 Å². The third-order valence-electron chi connectivity index (χ3n) is 3.54. The van der Waals surface area contributed by atoms with Crippen LogP contribution in [0.5, 0.6) is 0 Å². The van der Waals surface area contributed by atoms with Gasteiger partial charge < -0.3 is 24.1 Å². The first-order valence-electron chi connectivity index (χ1n) is 7.23. The Hall–Kier alpha value is -1.96. The van der Waals surface area contributed by atoms with Crippen molar-refractivity contribution < 1.29 is 33.6 Å². The zero-order valence-corrected chi connectivity index (χ0v) is 13.2. The Morgan fingerprint density at radius 1 is 1.13 bits per heavy atom. The number of carbonyl (C=O) groups excluding carboxylic acids is 2. The number of methoxy groups -OCH3 is 1. The van der Waals surface area contributed by atoms with E-state index in [0.29, 0.717) is 5.56 Å². The topological polar surface area (TPSA) is 91.3 Å². The van der Waals surface area contributed by atoms with Crippen LogP contribution in [0.25, 0.3) is 0 Å². The lowest BCUT2D eigenvalue weighted by Gasteiger charge is -2.41. The molecule has 0 unspecified atom stereocenters. The summed E-state index contributed by atoms with van der Waals surface area (Å²) in [5.74, 6) is -1.19. The molecule has 7 nitrogen and oxygen atoms in total. The van der Waals surface area contributed by atoms with Gasteiger partial charge in [-0.3, -0.25) is 4.79 Å². The van der Waals surface area contributed by atoms with E-state index in [1.54, 1.807) is 37.3 Å². The van der Waals surface area contributed by atoms with E-state index >= 15 is 0 Å². The smallest absolute Gasteiger partial charge is 0.338 e. The molecule has 0 saturated carbocycles. The van der Waals surface area contributed by atoms with Gasteiger partial charge in [0.15, 0.2) is 18.5 Å². The Bertz CT molecular complexity index is 545. The summed E-state index contributed by atoms with van der Waals surface area (Å²) in [5, 5.41) is 10.4. The molecule has 1 aliphatic rings. The minimum Gasteiger partial charge on any atom is -0.457 e. The van der Waals surface area contributed by atoms with E-state index in [1.165, 1.54) is 14.0 Å². The highest BCUT2D eigenvalue weighted by Crippen LogP contribution is 2.27. The molecule has 1 aliphatic heterocycles. The number of rotatable bonds is 4. The molecule has 0 radical (unpaired) electrons. The molecule has 5 atom stereocenters. The van der Waals surface area contributed by atoms with E-state index in [9.17, 15) is 14.7 Å². The fourth-order valence-electron chi connectivity index (χ4n) is 2.43. The van der Waals surface area contributed by atoms with Crippen molar-refractivity contribution in [2.75, 3.05) is 7.11 Å². The summed E-state index contributed by atoms with van der Waals surface area (Å²) in [6, 6.07) is 8.34. The van der Waals surface area contributed by atoms with Gasteiger partial charge in [0.05, 0.1) is 11.7 Å². The molecule has 0 aliphatic carbocycles. The van der Waals surface area contributed by atoms with Gasteiger partial charge in [-0.15, -0.1) is 0 Å². The molecule has 1 aromatic carbocycles. The number of carbonyl (C=O) groups is 2. The number of esters is 2. The molecule has 1 N–H and O–H groups in total. The Morgan fingerprint density at radius 3 is 2.35 bits per heavy atom. The van der Waals surface area contributed by atoms with E-state index in [2.05, 4.69) is 0 Å². The van der Waals surface area contributed by atoms with Gasteiger partial charge in [0.2, 0.25) is 0 Å². The molecule has 23 heavy (non-hydrogen) atoms. The van der Waals surface area contributed by atoms with Crippen LogP contribution in [0.4, 0.5) is 0 Å². The van der Waals surface area contributed by atoms with Crippen molar-refractivity contribution >= 4 is 11.9 Å². The molecular formula is C16H20O7. The number of ether oxygens (including phenoxy) is 4. The molecule has 0 bridgehead atoms. The third kappa shape index (κ3) is 4.07. The SMILES string of the molecule is CO[C@@H]1O[C@@H](C)[C@@H](OC(C)=O)[C@@H](O)[C@@H]1OC(=O)c1ccccc1. The minimum absolute atomic E-state index is 0.331. The molecular weight excluding hydrogens is 304 g/mol. The molecule has 1 aromatic rings. The van der Waals surface area contributed by atoms with Crippen LogP contribution in [0.2, 0.25) is 0 Å². The maximum Gasteiger partial charge on any atom is 0.338 e. The average Bonchev–Trinajstić information content (AvgIpc) is 2.54. The van der Waals surface area contributed by atoms with E-state index < -0.39 is 42.6 Å². The van der Waals surface area contributed by atoms with Gasteiger partial charge in [0, 0.05) is 14.0 Å². The second-order valence-electron chi connectivity index (χ2n) is 5.25. The zero-order valence-electron chi connectivity index (χ0n) is 13.2. The number of aliphatic hydroxyl groups excluding tert-OH is 1. The number of benzene rings is 1. The van der Waals surface area contributed by atoms with Crippen molar-refractivity contribution in [3.05, 3.63) is 35.9 Å². The van der Waals surface area contributed by atoms with Crippen molar-refractivity contribution in [1.29, 1.82) is 0 Å². The summed E-state index contributed by atoms with van der Waals surface area (Å²) < 4.78 is 21.1. The highest BCUT2D eigenvalue weighted by atomic mass is 16.7. The Labute approximate surface area is 134 Å². The first kappa shape index (κ1) is 17.4. The van der Waals surface area contributed by atoms with Gasteiger partial charge in [-0.25, -0.2) is 4.79 Å². The maximum absolute atomic E-state index is 12.2.